The number of nitrogens with zero attached hydrogens (tertiary/aromatic N) is 2. The predicted octanol–water partition coefficient (Wildman–Crippen LogP) is 4.55. The van der Waals surface area contributed by atoms with Crippen molar-refractivity contribution < 1.29 is 18.3 Å². The van der Waals surface area contributed by atoms with Crippen LogP contribution in [-0.2, 0) is 11.3 Å². The highest BCUT2D eigenvalue weighted by atomic mass is 32.2. The number of methoxy groups -OCH3 is 1. The van der Waals surface area contributed by atoms with E-state index in [1.165, 1.54) is 13.3 Å². The molecule has 162 valence electrons. The van der Waals surface area contributed by atoms with Crippen molar-refractivity contribution in [1.29, 1.82) is 0 Å². The molecule has 0 aliphatic rings. The normalized spacial score (nSPS) is 12.6. The number of aromatic nitrogens is 1. The van der Waals surface area contributed by atoms with Crippen LogP contribution in [0.15, 0.2) is 66.9 Å². The summed E-state index contributed by atoms with van der Waals surface area (Å²) in [6.07, 6.45) is 2.18. The molecular formula is C23H25N3O4S. The summed E-state index contributed by atoms with van der Waals surface area (Å²) in [6.45, 7) is 3.81. The van der Waals surface area contributed by atoms with Crippen LogP contribution >= 0.6 is 0 Å². The summed E-state index contributed by atoms with van der Waals surface area (Å²) < 4.78 is 28.7. The molecule has 0 spiro atoms. The second-order valence-corrected chi connectivity index (χ2v) is 7.74. The molecule has 7 nitrogen and oxygen atoms in total. The first-order valence-corrected chi connectivity index (χ1v) is 10.9. The maximum absolute atomic E-state index is 13.3. The number of amides is 1. The van der Waals surface area contributed by atoms with Gasteiger partial charge in [-0.25, -0.2) is 8.51 Å². The Labute approximate surface area is 184 Å². The molecule has 2 unspecified atom stereocenters. The summed E-state index contributed by atoms with van der Waals surface area (Å²) in [5.41, 5.74) is 2.63. The highest BCUT2D eigenvalue weighted by Gasteiger charge is 2.24. The Morgan fingerprint density at radius 1 is 1.19 bits per heavy atom. The molecule has 2 aromatic carbocycles. The Bertz CT molecular complexity index is 1060. The number of anilines is 2. The monoisotopic (exact) mass is 439 g/mol. The first-order chi connectivity index (χ1) is 14.9. The van der Waals surface area contributed by atoms with Crippen LogP contribution in [0, 0.1) is 6.92 Å². The van der Waals surface area contributed by atoms with Gasteiger partial charge >= 0.3 is 0 Å². The van der Waals surface area contributed by atoms with Crippen LogP contribution in [0.1, 0.15) is 41.0 Å². The molecule has 2 N–H and O–H groups in total. The summed E-state index contributed by atoms with van der Waals surface area (Å²) in [5, 5.41) is 3.03. The Balaban J connectivity index is 2.03. The quantitative estimate of drug-likeness (QED) is 0.502. The number of carbonyl (C=O) groups is 1. The van der Waals surface area contributed by atoms with Crippen molar-refractivity contribution in [2.75, 3.05) is 11.4 Å². The molecule has 0 aliphatic carbocycles. The predicted molar refractivity (Wildman–Crippen MR) is 122 cm³/mol. The Morgan fingerprint density at radius 2 is 1.94 bits per heavy atom. The summed E-state index contributed by atoms with van der Waals surface area (Å²) in [7, 11) is 1.50. The molecule has 0 bridgehead atoms. The van der Waals surface area contributed by atoms with Gasteiger partial charge in [0.05, 0.1) is 36.3 Å². The molecule has 2 atom stereocenters. The fraction of sp³-hybridized carbons (Fsp3) is 0.217. The average Bonchev–Trinajstić information content (AvgIpc) is 2.79. The van der Waals surface area contributed by atoms with Gasteiger partial charge in [-0.15, -0.1) is 0 Å². The molecule has 1 aromatic heterocycles. The van der Waals surface area contributed by atoms with Crippen LogP contribution in [0.4, 0.5) is 11.4 Å². The van der Waals surface area contributed by atoms with Crippen molar-refractivity contribution in [3.05, 3.63) is 83.7 Å². The van der Waals surface area contributed by atoms with Crippen molar-refractivity contribution in [3.8, 4) is 5.75 Å². The lowest BCUT2D eigenvalue weighted by molar-refractivity contribution is 0.0936. The minimum absolute atomic E-state index is 0.207. The third kappa shape index (κ3) is 5.28. The van der Waals surface area contributed by atoms with E-state index in [1.54, 1.807) is 30.3 Å². The maximum Gasteiger partial charge on any atom is 0.266 e. The van der Waals surface area contributed by atoms with Gasteiger partial charge in [-0.2, -0.15) is 0 Å². The third-order valence-corrected chi connectivity index (χ3v) is 5.59. The SMILES string of the molecule is CCC(NC(=O)c1cc(OC)ccc1N(c1ccc(C)nc1)S(=O)O)c1ccccc1. The van der Waals surface area contributed by atoms with E-state index in [2.05, 4.69) is 10.3 Å². The van der Waals surface area contributed by atoms with Gasteiger partial charge in [0.15, 0.2) is 0 Å². The van der Waals surface area contributed by atoms with E-state index in [4.69, 9.17) is 4.74 Å². The fourth-order valence-corrected chi connectivity index (χ4v) is 3.85. The third-order valence-electron chi connectivity index (χ3n) is 4.87. The van der Waals surface area contributed by atoms with Crippen LogP contribution in [0.5, 0.6) is 5.75 Å². The number of ether oxygens (including phenoxy) is 1. The van der Waals surface area contributed by atoms with Crippen molar-refractivity contribution in [2.24, 2.45) is 0 Å². The second-order valence-electron chi connectivity index (χ2n) is 6.91. The first-order valence-electron chi connectivity index (χ1n) is 9.82. The minimum atomic E-state index is -2.43. The topological polar surface area (TPSA) is 91.8 Å². The Morgan fingerprint density at radius 3 is 2.52 bits per heavy atom. The summed E-state index contributed by atoms with van der Waals surface area (Å²) in [4.78, 5) is 17.5. The smallest absolute Gasteiger partial charge is 0.266 e. The minimum Gasteiger partial charge on any atom is -0.497 e. The van der Waals surface area contributed by atoms with Crippen LogP contribution in [0.2, 0.25) is 0 Å². The molecule has 0 aliphatic heterocycles. The number of aryl methyl sites for hydroxylation is 1. The van der Waals surface area contributed by atoms with Crippen LogP contribution in [-0.4, -0.2) is 26.8 Å². The maximum atomic E-state index is 13.3. The number of carbonyl (C=O) groups excluding carboxylic acids is 1. The number of rotatable bonds is 8. The molecule has 0 saturated carbocycles. The number of benzene rings is 2. The number of nitrogens with one attached hydrogen (secondary N) is 1. The van der Waals surface area contributed by atoms with Crippen molar-refractivity contribution in [3.63, 3.8) is 0 Å². The first kappa shape index (κ1) is 22.5. The number of hydrogen-bond donors (Lipinski definition) is 2. The van der Waals surface area contributed by atoms with Gasteiger partial charge in [0.25, 0.3) is 17.2 Å². The van der Waals surface area contributed by atoms with E-state index in [0.29, 0.717) is 17.9 Å². The number of pyridine rings is 1. The van der Waals surface area contributed by atoms with Gasteiger partial charge in [-0.1, -0.05) is 37.3 Å². The lowest BCUT2D eigenvalue weighted by Crippen LogP contribution is -2.30. The second kappa shape index (κ2) is 10.2. The van der Waals surface area contributed by atoms with Crippen molar-refractivity contribution >= 4 is 28.5 Å². The molecule has 3 aromatic rings. The standard InChI is InChI=1S/C23H25N3O4S/c1-4-21(17-8-6-5-7-9-17)25-23(27)20-14-19(30-3)12-13-22(20)26(31(28)29)18-11-10-16(2)24-15-18/h5-15,21H,4H2,1-3H3,(H,25,27)(H,28,29). The zero-order valence-corrected chi connectivity index (χ0v) is 18.4. The van der Waals surface area contributed by atoms with E-state index in [0.717, 1.165) is 15.6 Å². The van der Waals surface area contributed by atoms with E-state index in [-0.39, 0.29) is 23.2 Å². The van der Waals surface area contributed by atoms with Gasteiger partial charge in [0.1, 0.15) is 5.75 Å². The highest BCUT2D eigenvalue weighted by molar-refractivity contribution is 7.81. The fourth-order valence-electron chi connectivity index (χ4n) is 3.24. The van der Waals surface area contributed by atoms with Crippen LogP contribution in [0.3, 0.4) is 0 Å². The molecule has 3 rings (SSSR count). The molecular weight excluding hydrogens is 414 g/mol. The molecule has 1 amide bonds. The summed E-state index contributed by atoms with van der Waals surface area (Å²) >= 11 is -2.43. The van der Waals surface area contributed by atoms with Gasteiger partial charge in [-0.05, 0) is 49.2 Å². The van der Waals surface area contributed by atoms with Crippen molar-refractivity contribution in [2.45, 2.75) is 26.3 Å². The number of hydrogen-bond acceptors (Lipinski definition) is 4. The lowest BCUT2D eigenvalue weighted by Gasteiger charge is -2.24. The molecule has 31 heavy (non-hydrogen) atoms. The summed E-state index contributed by atoms with van der Waals surface area (Å²) in [6, 6.07) is 17.7. The van der Waals surface area contributed by atoms with Crippen LogP contribution in [0.25, 0.3) is 0 Å². The largest absolute Gasteiger partial charge is 0.497 e. The Kier molecular flexibility index (Phi) is 7.38. The summed E-state index contributed by atoms with van der Waals surface area (Å²) in [5.74, 6) is 0.0903. The molecule has 0 radical (unpaired) electrons. The molecule has 0 fully saturated rings. The van der Waals surface area contributed by atoms with E-state index in [9.17, 15) is 13.6 Å². The van der Waals surface area contributed by atoms with Gasteiger partial charge < -0.3 is 10.1 Å². The van der Waals surface area contributed by atoms with Crippen LogP contribution < -0.4 is 14.4 Å². The Hall–Kier alpha value is -3.23. The zero-order chi connectivity index (χ0) is 22.4. The highest BCUT2D eigenvalue weighted by Crippen LogP contribution is 2.33. The molecule has 0 saturated heterocycles. The van der Waals surface area contributed by atoms with E-state index in [1.807, 2.05) is 44.2 Å². The molecule has 8 heteroatoms. The van der Waals surface area contributed by atoms with E-state index >= 15 is 0 Å². The van der Waals surface area contributed by atoms with Crippen molar-refractivity contribution in [1.82, 2.24) is 10.3 Å². The average molecular weight is 440 g/mol. The lowest BCUT2D eigenvalue weighted by atomic mass is 10.0. The van der Waals surface area contributed by atoms with E-state index < -0.39 is 11.3 Å². The van der Waals surface area contributed by atoms with Gasteiger partial charge in [0.2, 0.25) is 0 Å². The van der Waals surface area contributed by atoms with Gasteiger partial charge in [-0.3, -0.25) is 14.3 Å². The molecule has 1 heterocycles. The van der Waals surface area contributed by atoms with Gasteiger partial charge in [0, 0.05) is 5.69 Å². The zero-order valence-electron chi connectivity index (χ0n) is 17.6.